The normalized spacial score (nSPS) is 23.8. The Labute approximate surface area is 175 Å². The SMILES string of the molecule is CC(C)(C)NS(=O)(=O)c1ccc2c(c1)C1C=CCC1C(c1ccc(Br)cc1)N2. The van der Waals surface area contributed by atoms with Crippen LogP contribution in [-0.4, -0.2) is 14.0 Å². The first kappa shape index (κ1) is 19.7. The molecular weight excluding hydrogens is 436 g/mol. The fourth-order valence-electron chi connectivity index (χ4n) is 4.20. The van der Waals surface area contributed by atoms with Gasteiger partial charge < -0.3 is 5.32 Å². The van der Waals surface area contributed by atoms with Gasteiger partial charge in [-0.15, -0.1) is 0 Å². The Morgan fingerprint density at radius 1 is 1.11 bits per heavy atom. The van der Waals surface area contributed by atoms with Gasteiger partial charge in [0, 0.05) is 21.6 Å². The molecule has 1 aliphatic heterocycles. The van der Waals surface area contributed by atoms with Crippen molar-refractivity contribution >= 4 is 31.6 Å². The zero-order chi connectivity index (χ0) is 20.1. The van der Waals surface area contributed by atoms with E-state index in [0.717, 1.165) is 22.1 Å². The minimum atomic E-state index is -3.56. The van der Waals surface area contributed by atoms with Crippen LogP contribution in [0.4, 0.5) is 5.69 Å². The zero-order valence-electron chi connectivity index (χ0n) is 16.2. The van der Waals surface area contributed by atoms with Gasteiger partial charge >= 0.3 is 0 Å². The highest BCUT2D eigenvalue weighted by Crippen LogP contribution is 2.50. The first-order valence-corrected chi connectivity index (χ1v) is 11.8. The molecule has 6 heteroatoms. The average Bonchev–Trinajstić information content (AvgIpc) is 3.09. The van der Waals surface area contributed by atoms with Crippen LogP contribution in [0.5, 0.6) is 0 Å². The van der Waals surface area contributed by atoms with Gasteiger partial charge in [-0.25, -0.2) is 13.1 Å². The molecule has 1 aliphatic carbocycles. The van der Waals surface area contributed by atoms with Crippen LogP contribution in [-0.2, 0) is 10.0 Å². The quantitative estimate of drug-likeness (QED) is 0.606. The molecule has 4 rings (SSSR count). The summed E-state index contributed by atoms with van der Waals surface area (Å²) in [4.78, 5) is 0.323. The molecule has 2 N–H and O–H groups in total. The summed E-state index contributed by atoms with van der Waals surface area (Å²) in [7, 11) is -3.56. The fraction of sp³-hybridized carbons (Fsp3) is 0.364. The third-order valence-electron chi connectivity index (χ3n) is 5.31. The lowest BCUT2D eigenvalue weighted by atomic mass is 9.77. The lowest BCUT2D eigenvalue weighted by Crippen LogP contribution is -2.40. The summed E-state index contributed by atoms with van der Waals surface area (Å²) in [6.07, 6.45) is 5.42. The highest BCUT2D eigenvalue weighted by atomic mass is 79.9. The summed E-state index contributed by atoms with van der Waals surface area (Å²) >= 11 is 3.50. The second kappa shape index (κ2) is 7.01. The number of halogens is 1. The summed E-state index contributed by atoms with van der Waals surface area (Å²) in [5.41, 5.74) is 2.80. The number of anilines is 1. The van der Waals surface area contributed by atoms with Gasteiger partial charge in [-0.2, -0.15) is 0 Å². The number of fused-ring (bicyclic) bond motifs is 3. The highest BCUT2D eigenvalue weighted by Gasteiger charge is 2.38. The van der Waals surface area contributed by atoms with E-state index < -0.39 is 15.6 Å². The number of allylic oxidation sites excluding steroid dienone is 2. The van der Waals surface area contributed by atoms with Crippen LogP contribution in [0.25, 0.3) is 0 Å². The third kappa shape index (κ3) is 3.78. The Hall–Kier alpha value is -1.63. The number of hydrogen-bond donors (Lipinski definition) is 2. The smallest absolute Gasteiger partial charge is 0.241 e. The summed E-state index contributed by atoms with van der Waals surface area (Å²) in [5.74, 6) is 0.594. The predicted octanol–water partition coefficient (Wildman–Crippen LogP) is 5.35. The van der Waals surface area contributed by atoms with Gasteiger partial charge in [0.25, 0.3) is 0 Å². The Balaban J connectivity index is 1.72. The van der Waals surface area contributed by atoms with Crippen LogP contribution in [0.15, 0.2) is 64.0 Å². The lowest BCUT2D eigenvalue weighted by Gasteiger charge is -2.37. The Kier molecular flexibility index (Phi) is 4.92. The van der Waals surface area contributed by atoms with Gasteiger partial charge in [-0.3, -0.25) is 0 Å². The number of hydrogen-bond acceptors (Lipinski definition) is 3. The summed E-state index contributed by atoms with van der Waals surface area (Å²) in [6, 6.07) is 14.1. The maximum absolute atomic E-state index is 12.8. The molecule has 0 saturated heterocycles. The second-order valence-electron chi connectivity index (χ2n) is 8.63. The molecule has 0 radical (unpaired) electrons. The van der Waals surface area contributed by atoms with E-state index in [2.05, 4.69) is 62.4 Å². The number of sulfonamides is 1. The van der Waals surface area contributed by atoms with Crippen molar-refractivity contribution in [3.8, 4) is 0 Å². The maximum atomic E-state index is 12.8. The third-order valence-corrected chi connectivity index (χ3v) is 7.60. The van der Waals surface area contributed by atoms with Crippen molar-refractivity contribution in [3.05, 3.63) is 70.2 Å². The van der Waals surface area contributed by atoms with Crippen LogP contribution in [0.3, 0.4) is 0 Å². The van der Waals surface area contributed by atoms with E-state index in [4.69, 9.17) is 0 Å². The molecule has 2 aromatic carbocycles. The molecule has 1 heterocycles. The summed E-state index contributed by atoms with van der Waals surface area (Å²) in [6.45, 7) is 5.55. The Bertz CT molecular complexity index is 1020. The highest BCUT2D eigenvalue weighted by molar-refractivity contribution is 9.10. The molecule has 0 amide bonds. The monoisotopic (exact) mass is 460 g/mol. The standard InChI is InChI=1S/C22H25BrN2O2S/c1-22(2,3)25-28(26,27)16-11-12-20-19(13-16)17-5-4-6-18(17)21(24-20)14-7-9-15(23)10-8-14/h4-5,7-13,17-18,21,24-25H,6H2,1-3H3. The molecule has 28 heavy (non-hydrogen) atoms. The molecule has 0 spiro atoms. The molecule has 2 aromatic rings. The van der Waals surface area contributed by atoms with Crippen molar-refractivity contribution in [1.29, 1.82) is 0 Å². The van der Waals surface area contributed by atoms with Crippen molar-refractivity contribution in [2.75, 3.05) is 5.32 Å². The minimum Gasteiger partial charge on any atom is -0.378 e. The topological polar surface area (TPSA) is 58.2 Å². The zero-order valence-corrected chi connectivity index (χ0v) is 18.6. The van der Waals surface area contributed by atoms with Gasteiger partial charge in [-0.1, -0.05) is 40.2 Å². The van der Waals surface area contributed by atoms with Crippen molar-refractivity contribution in [2.24, 2.45) is 5.92 Å². The molecule has 0 bridgehead atoms. The van der Waals surface area contributed by atoms with Crippen LogP contribution < -0.4 is 10.0 Å². The molecule has 148 valence electrons. The fourth-order valence-corrected chi connectivity index (χ4v) is 5.92. The first-order chi connectivity index (χ1) is 13.1. The average molecular weight is 461 g/mol. The number of rotatable bonds is 3. The first-order valence-electron chi connectivity index (χ1n) is 9.51. The van der Waals surface area contributed by atoms with E-state index in [1.807, 2.05) is 32.9 Å². The lowest BCUT2D eigenvalue weighted by molar-refractivity contribution is 0.425. The molecule has 0 fully saturated rings. The maximum Gasteiger partial charge on any atom is 0.241 e. The van der Waals surface area contributed by atoms with Crippen LogP contribution in [0, 0.1) is 5.92 Å². The van der Waals surface area contributed by atoms with Crippen molar-refractivity contribution in [2.45, 2.75) is 49.6 Å². The van der Waals surface area contributed by atoms with Gasteiger partial charge in [0.1, 0.15) is 0 Å². The Morgan fingerprint density at radius 3 is 2.50 bits per heavy atom. The van der Waals surface area contributed by atoms with E-state index in [1.165, 1.54) is 5.56 Å². The second-order valence-corrected chi connectivity index (χ2v) is 11.2. The van der Waals surface area contributed by atoms with Crippen molar-refractivity contribution in [1.82, 2.24) is 4.72 Å². The van der Waals surface area contributed by atoms with Crippen LogP contribution in [0.1, 0.15) is 50.3 Å². The summed E-state index contributed by atoms with van der Waals surface area (Å²) in [5, 5.41) is 3.66. The predicted molar refractivity (Wildman–Crippen MR) is 117 cm³/mol. The molecule has 2 aliphatic rings. The molecular formula is C22H25BrN2O2S. The van der Waals surface area contributed by atoms with E-state index in [0.29, 0.717) is 10.8 Å². The molecule has 3 atom stereocenters. The van der Waals surface area contributed by atoms with Crippen molar-refractivity contribution < 1.29 is 8.42 Å². The molecule has 0 saturated carbocycles. The molecule has 0 aromatic heterocycles. The number of nitrogens with one attached hydrogen (secondary N) is 2. The minimum absolute atomic E-state index is 0.204. The Morgan fingerprint density at radius 2 is 1.82 bits per heavy atom. The van der Waals surface area contributed by atoms with E-state index in [-0.39, 0.29) is 12.0 Å². The van der Waals surface area contributed by atoms with Crippen LogP contribution in [0.2, 0.25) is 0 Å². The van der Waals surface area contributed by atoms with Crippen LogP contribution >= 0.6 is 15.9 Å². The van der Waals surface area contributed by atoms with Gasteiger partial charge in [0.2, 0.25) is 10.0 Å². The van der Waals surface area contributed by atoms with Crippen molar-refractivity contribution in [3.63, 3.8) is 0 Å². The number of benzene rings is 2. The van der Waals surface area contributed by atoms with Gasteiger partial charge in [-0.05, 0) is 74.6 Å². The van der Waals surface area contributed by atoms with E-state index in [9.17, 15) is 8.42 Å². The van der Waals surface area contributed by atoms with Gasteiger partial charge in [0.05, 0.1) is 10.9 Å². The largest absolute Gasteiger partial charge is 0.378 e. The molecule has 3 unspecified atom stereocenters. The summed E-state index contributed by atoms with van der Waals surface area (Å²) < 4.78 is 29.4. The van der Waals surface area contributed by atoms with E-state index >= 15 is 0 Å². The van der Waals surface area contributed by atoms with Gasteiger partial charge in [0.15, 0.2) is 0 Å². The van der Waals surface area contributed by atoms with E-state index in [1.54, 1.807) is 6.07 Å². The molecule has 4 nitrogen and oxygen atoms in total.